The highest BCUT2D eigenvalue weighted by atomic mass is 16.5. The van der Waals surface area contributed by atoms with Gasteiger partial charge in [-0.2, -0.15) is 0 Å². The molecule has 0 aliphatic carbocycles. The third-order valence-electron chi connectivity index (χ3n) is 2.59. The van der Waals surface area contributed by atoms with E-state index in [1.54, 1.807) is 13.2 Å². The zero-order valence-corrected chi connectivity index (χ0v) is 9.69. The molecule has 0 bridgehead atoms. The van der Waals surface area contributed by atoms with E-state index in [0.717, 1.165) is 10.8 Å². The molecule has 2 aromatic rings. The number of hydrogen-bond donors (Lipinski definition) is 1. The summed E-state index contributed by atoms with van der Waals surface area (Å²) in [6.07, 6.45) is 0. The molecule has 0 spiro atoms. The van der Waals surface area contributed by atoms with Crippen molar-refractivity contribution in [3.8, 4) is 5.75 Å². The fourth-order valence-corrected chi connectivity index (χ4v) is 1.79. The first kappa shape index (κ1) is 11.5. The van der Waals surface area contributed by atoms with E-state index >= 15 is 0 Å². The molecule has 1 radical (unpaired) electrons. The molecule has 0 heterocycles. The monoisotopic (exact) mass is 228 g/mol. The van der Waals surface area contributed by atoms with Crippen LogP contribution in [-0.2, 0) is 0 Å². The first-order valence-electron chi connectivity index (χ1n) is 5.40. The third-order valence-corrected chi connectivity index (χ3v) is 2.59. The summed E-state index contributed by atoms with van der Waals surface area (Å²) in [7, 11) is 1.60. The molecule has 0 saturated carbocycles. The van der Waals surface area contributed by atoms with Gasteiger partial charge in [-0.1, -0.05) is 24.3 Å². The minimum absolute atomic E-state index is 0.135. The molecule has 0 unspecified atom stereocenters. The summed E-state index contributed by atoms with van der Waals surface area (Å²) >= 11 is 0. The van der Waals surface area contributed by atoms with Crippen molar-refractivity contribution in [2.75, 3.05) is 13.7 Å². The quantitative estimate of drug-likeness (QED) is 0.876. The van der Waals surface area contributed by atoms with Crippen molar-refractivity contribution in [2.45, 2.75) is 0 Å². The molecule has 17 heavy (non-hydrogen) atoms. The SMILES string of the molecule is [CH2]CNC(=O)c1cc(OC)c2ccccc2c1. The summed E-state index contributed by atoms with van der Waals surface area (Å²) in [4.78, 5) is 11.7. The molecule has 0 atom stereocenters. The highest BCUT2D eigenvalue weighted by Crippen LogP contribution is 2.27. The minimum Gasteiger partial charge on any atom is -0.496 e. The summed E-state index contributed by atoms with van der Waals surface area (Å²) < 4.78 is 5.30. The Kier molecular flexibility index (Phi) is 3.28. The van der Waals surface area contributed by atoms with Crippen molar-refractivity contribution < 1.29 is 9.53 Å². The Morgan fingerprint density at radius 1 is 1.35 bits per heavy atom. The second kappa shape index (κ2) is 4.87. The molecule has 0 aliphatic heterocycles. The maximum Gasteiger partial charge on any atom is 0.251 e. The highest BCUT2D eigenvalue weighted by molar-refractivity contribution is 6.00. The summed E-state index contributed by atoms with van der Waals surface area (Å²) in [6, 6.07) is 11.4. The summed E-state index contributed by atoms with van der Waals surface area (Å²) in [5.41, 5.74) is 0.587. The van der Waals surface area contributed by atoms with Gasteiger partial charge in [0.25, 0.3) is 5.91 Å². The molecule has 0 fully saturated rings. The zero-order chi connectivity index (χ0) is 12.3. The number of hydrogen-bond acceptors (Lipinski definition) is 2. The van der Waals surface area contributed by atoms with Crippen LogP contribution in [0.2, 0.25) is 0 Å². The second-order valence-corrected chi connectivity index (χ2v) is 3.66. The summed E-state index contributed by atoms with van der Waals surface area (Å²) in [5.74, 6) is 0.571. The molecule has 0 aliphatic rings. The van der Waals surface area contributed by atoms with Crippen LogP contribution in [0.3, 0.4) is 0 Å². The first-order valence-corrected chi connectivity index (χ1v) is 5.40. The van der Waals surface area contributed by atoms with E-state index in [4.69, 9.17) is 4.74 Å². The number of methoxy groups -OCH3 is 1. The van der Waals surface area contributed by atoms with Gasteiger partial charge in [0, 0.05) is 17.5 Å². The van der Waals surface area contributed by atoms with Crippen LogP contribution >= 0.6 is 0 Å². The molecule has 0 saturated heterocycles. The van der Waals surface area contributed by atoms with E-state index in [1.165, 1.54) is 0 Å². The van der Waals surface area contributed by atoms with Crippen LogP contribution in [-0.4, -0.2) is 19.6 Å². The van der Waals surface area contributed by atoms with E-state index in [9.17, 15) is 4.79 Å². The molecule has 1 N–H and O–H groups in total. The van der Waals surface area contributed by atoms with Gasteiger partial charge in [-0.05, 0) is 24.4 Å². The lowest BCUT2D eigenvalue weighted by atomic mass is 10.1. The zero-order valence-electron chi connectivity index (χ0n) is 9.69. The van der Waals surface area contributed by atoms with E-state index in [-0.39, 0.29) is 5.91 Å². The number of fused-ring (bicyclic) bond motifs is 1. The van der Waals surface area contributed by atoms with Gasteiger partial charge in [0.05, 0.1) is 7.11 Å². The Bertz CT molecular complexity index is 549. The number of carbonyl (C=O) groups is 1. The van der Waals surface area contributed by atoms with Crippen molar-refractivity contribution in [3.05, 3.63) is 48.9 Å². The van der Waals surface area contributed by atoms with Crippen LogP contribution in [0.4, 0.5) is 0 Å². The molecule has 0 aromatic heterocycles. The van der Waals surface area contributed by atoms with Crippen LogP contribution in [0.5, 0.6) is 5.75 Å². The van der Waals surface area contributed by atoms with E-state index in [0.29, 0.717) is 17.9 Å². The summed E-state index contributed by atoms with van der Waals surface area (Å²) in [6.45, 7) is 3.96. The van der Waals surface area contributed by atoms with Gasteiger partial charge in [-0.15, -0.1) is 0 Å². The van der Waals surface area contributed by atoms with Crippen molar-refractivity contribution in [1.29, 1.82) is 0 Å². The molecule has 2 rings (SSSR count). The van der Waals surface area contributed by atoms with Crippen molar-refractivity contribution in [3.63, 3.8) is 0 Å². The van der Waals surface area contributed by atoms with Crippen LogP contribution in [0.1, 0.15) is 10.4 Å². The average molecular weight is 228 g/mol. The number of ether oxygens (including phenoxy) is 1. The lowest BCUT2D eigenvalue weighted by Gasteiger charge is -2.09. The lowest BCUT2D eigenvalue weighted by molar-refractivity contribution is 0.0957. The maximum absolute atomic E-state index is 11.7. The first-order chi connectivity index (χ1) is 8.26. The van der Waals surface area contributed by atoms with Crippen LogP contribution in [0, 0.1) is 6.92 Å². The van der Waals surface area contributed by atoms with Gasteiger partial charge >= 0.3 is 0 Å². The highest BCUT2D eigenvalue weighted by Gasteiger charge is 2.09. The Labute approximate surface area is 100 Å². The number of nitrogens with one attached hydrogen (secondary N) is 1. The predicted molar refractivity (Wildman–Crippen MR) is 68.2 cm³/mol. The molecule has 3 heteroatoms. The minimum atomic E-state index is -0.135. The van der Waals surface area contributed by atoms with E-state index < -0.39 is 0 Å². The van der Waals surface area contributed by atoms with E-state index in [1.807, 2.05) is 30.3 Å². The van der Waals surface area contributed by atoms with Crippen molar-refractivity contribution in [2.24, 2.45) is 0 Å². The molecule has 3 nitrogen and oxygen atoms in total. The van der Waals surface area contributed by atoms with Crippen molar-refractivity contribution in [1.82, 2.24) is 5.32 Å². The topological polar surface area (TPSA) is 38.3 Å². The molecular formula is C14H14NO2. The fourth-order valence-electron chi connectivity index (χ4n) is 1.79. The largest absolute Gasteiger partial charge is 0.496 e. The maximum atomic E-state index is 11.7. The fraction of sp³-hybridized carbons (Fsp3) is 0.143. The Morgan fingerprint density at radius 2 is 2.12 bits per heavy atom. The molecule has 87 valence electrons. The normalized spacial score (nSPS) is 10.2. The lowest BCUT2D eigenvalue weighted by Crippen LogP contribution is -2.22. The second-order valence-electron chi connectivity index (χ2n) is 3.66. The average Bonchev–Trinajstić information content (AvgIpc) is 2.37. The summed E-state index contributed by atoms with van der Waals surface area (Å²) in [5, 5.41) is 4.66. The Hall–Kier alpha value is -2.03. The van der Waals surface area contributed by atoms with Gasteiger partial charge in [-0.3, -0.25) is 4.79 Å². The third kappa shape index (κ3) is 2.23. The molecular weight excluding hydrogens is 214 g/mol. The van der Waals surface area contributed by atoms with Gasteiger partial charge in [0.2, 0.25) is 0 Å². The number of benzene rings is 2. The predicted octanol–water partition coefficient (Wildman–Crippen LogP) is 2.41. The van der Waals surface area contributed by atoms with Crippen molar-refractivity contribution >= 4 is 16.7 Å². The molecule has 1 amide bonds. The molecule has 2 aromatic carbocycles. The number of amides is 1. The standard InChI is InChI=1S/C14H14NO2/c1-3-15-14(16)11-8-10-6-4-5-7-12(10)13(9-11)17-2/h4-9H,1,3H2,2H3,(H,15,16). The van der Waals surface area contributed by atoms with Gasteiger partial charge in [-0.25, -0.2) is 0 Å². The smallest absolute Gasteiger partial charge is 0.251 e. The van der Waals surface area contributed by atoms with Gasteiger partial charge < -0.3 is 10.1 Å². The van der Waals surface area contributed by atoms with Gasteiger partial charge in [0.15, 0.2) is 0 Å². The van der Waals surface area contributed by atoms with E-state index in [2.05, 4.69) is 12.2 Å². The van der Waals surface area contributed by atoms with Gasteiger partial charge in [0.1, 0.15) is 5.75 Å². The Balaban J connectivity index is 2.56. The van der Waals surface area contributed by atoms with Crippen LogP contribution in [0.15, 0.2) is 36.4 Å². The number of carbonyl (C=O) groups excluding carboxylic acids is 1. The Morgan fingerprint density at radius 3 is 2.82 bits per heavy atom. The van der Waals surface area contributed by atoms with Crippen LogP contribution in [0.25, 0.3) is 10.8 Å². The number of rotatable bonds is 3. The van der Waals surface area contributed by atoms with Crippen LogP contribution < -0.4 is 10.1 Å².